The van der Waals surface area contributed by atoms with Crippen molar-refractivity contribution in [2.45, 2.75) is 31.8 Å². The van der Waals surface area contributed by atoms with Crippen LogP contribution in [0.4, 0.5) is 5.69 Å². The third-order valence-electron chi connectivity index (χ3n) is 2.09. The number of benzene rings is 1. The molecule has 7 nitrogen and oxygen atoms in total. The third kappa shape index (κ3) is 3.17. The van der Waals surface area contributed by atoms with Crippen LogP contribution in [0.2, 0.25) is 0 Å². The average molecular weight is 275 g/mol. The zero-order chi connectivity index (χ0) is 14.1. The molecule has 0 radical (unpaired) electrons. The maximum absolute atomic E-state index is 11.1. The van der Waals surface area contributed by atoms with Gasteiger partial charge in [-0.1, -0.05) is 0 Å². The molecule has 1 N–H and O–H groups in total. The molecule has 0 amide bonds. The van der Waals surface area contributed by atoms with E-state index in [0.29, 0.717) is 0 Å². The molecule has 0 heterocycles. The van der Waals surface area contributed by atoms with Crippen LogP contribution in [0.3, 0.4) is 0 Å². The van der Waals surface area contributed by atoms with Crippen LogP contribution in [-0.2, 0) is 10.1 Å². The summed E-state index contributed by atoms with van der Waals surface area (Å²) in [6.45, 7) is 4.80. The number of nitro groups is 1. The lowest BCUT2D eigenvalue weighted by atomic mass is 10.2. The lowest BCUT2D eigenvalue weighted by Gasteiger charge is -2.12. The van der Waals surface area contributed by atoms with Gasteiger partial charge in [-0.2, -0.15) is 8.42 Å². The fourth-order valence-electron chi connectivity index (χ4n) is 1.42. The van der Waals surface area contributed by atoms with Crippen LogP contribution in [0.15, 0.2) is 17.0 Å². The summed E-state index contributed by atoms with van der Waals surface area (Å²) in [5.74, 6) is -0.0279. The second-order valence-corrected chi connectivity index (χ2v) is 5.37. The van der Waals surface area contributed by atoms with Crippen molar-refractivity contribution in [3.63, 3.8) is 0 Å². The average Bonchev–Trinajstić information content (AvgIpc) is 2.13. The molecule has 0 aliphatic heterocycles. The van der Waals surface area contributed by atoms with E-state index in [-0.39, 0.29) is 17.4 Å². The highest BCUT2D eigenvalue weighted by Gasteiger charge is 2.24. The summed E-state index contributed by atoms with van der Waals surface area (Å²) in [5.41, 5.74) is -0.319. The molecule has 1 aromatic carbocycles. The number of ether oxygens (including phenoxy) is 1. The molecule has 0 unspecified atom stereocenters. The van der Waals surface area contributed by atoms with Gasteiger partial charge in [0, 0.05) is 6.07 Å². The Balaban J connectivity index is 3.49. The second kappa shape index (κ2) is 4.91. The molecule has 18 heavy (non-hydrogen) atoms. The smallest absolute Gasteiger partial charge is 0.312 e. The molecule has 0 spiro atoms. The van der Waals surface area contributed by atoms with E-state index in [4.69, 9.17) is 9.29 Å². The number of rotatable bonds is 4. The summed E-state index contributed by atoms with van der Waals surface area (Å²) < 4.78 is 36.3. The van der Waals surface area contributed by atoms with Crippen LogP contribution in [0.5, 0.6) is 5.75 Å². The SMILES string of the molecule is Cc1cc(OC(C)C)c([N+](=O)[O-])cc1S(=O)(=O)O. The summed E-state index contributed by atoms with van der Waals surface area (Å²) in [6, 6.07) is 2.02. The normalized spacial score (nSPS) is 11.6. The minimum absolute atomic E-state index is 0.0279. The fourth-order valence-corrected chi connectivity index (χ4v) is 2.15. The molecule has 0 aliphatic rings. The number of aryl methyl sites for hydroxylation is 1. The highest BCUT2D eigenvalue weighted by atomic mass is 32.2. The van der Waals surface area contributed by atoms with Gasteiger partial charge in [0.15, 0.2) is 5.75 Å². The molecule has 0 fully saturated rings. The molecule has 0 aromatic heterocycles. The van der Waals surface area contributed by atoms with Gasteiger partial charge in [-0.05, 0) is 32.4 Å². The van der Waals surface area contributed by atoms with Crippen molar-refractivity contribution in [3.8, 4) is 5.75 Å². The Morgan fingerprint density at radius 1 is 1.39 bits per heavy atom. The van der Waals surface area contributed by atoms with E-state index in [1.54, 1.807) is 13.8 Å². The Hall–Kier alpha value is -1.67. The highest BCUT2D eigenvalue weighted by Crippen LogP contribution is 2.33. The monoisotopic (exact) mass is 275 g/mol. The van der Waals surface area contributed by atoms with E-state index in [0.717, 1.165) is 6.07 Å². The summed E-state index contributed by atoms with van der Waals surface area (Å²) in [5, 5.41) is 10.8. The first-order valence-electron chi connectivity index (χ1n) is 5.06. The van der Waals surface area contributed by atoms with Gasteiger partial charge in [-0.25, -0.2) is 0 Å². The Labute approximate surface area is 104 Å². The lowest BCUT2D eigenvalue weighted by molar-refractivity contribution is -0.386. The number of nitro benzene ring substituents is 1. The van der Waals surface area contributed by atoms with E-state index in [1.807, 2.05) is 0 Å². The van der Waals surface area contributed by atoms with Crippen molar-refractivity contribution >= 4 is 15.8 Å². The summed E-state index contributed by atoms with van der Waals surface area (Å²) >= 11 is 0. The van der Waals surface area contributed by atoms with Crippen molar-refractivity contribution in [2.24, 2.45) is 0 Å². The first-order valence-corrected chi connectivity index (χ1v) is 6.50. The lowest BCUT2D eigenvalue weighted by Crippen LogP contribution is -2.09. The van der Waals surface area contributed by atoms with Gasteiger partial charge in [0.2, 0.25) is 0 Å². The van der Waals surface area contributed by atoms with E-state index in [9.17, 15) is 18.5 Å². The molecule has 0 bridgehead atoms. The molecule has 8 heteroatoms. The van der Waals surface area contributed by atoms with Gasteiger partial charge in [0.1, 0.15) is 4.90 Å². The van der Waals surface area contributed by atoms with Gasteiger partial charge < -0.3 is 4.74 Å². The predicted octanol–water partition coefficient (Wildman–Crippen LogP) is 1.94. The van der Waals surface area contributed by atoms with Gasteiger partial charge >= 0.3 is 5.69 Å². The molecule has 1 rings (SSSR count). The summed E-state index contributed by atoms with van der Waals surface area (Å²) in [4.78, 5) is 9.59. The molecular weight excluding hydrogens is 262 g/mol. The zero-order valence-corrected chi connectivity index (χ0v) is 10.9. The number of hydrogen-bond donors (Lipinski definition) is 1. The van der Waals surface area contributed by atoms with Gasteiger partial charge in [0.25, 0.3) is 10.1 Å². The molecule has 100 valence electrons. The zero-order valence-electron chi connectivity index (χ0n) is 10.1. The predicted molar refractivity (Wildman–Crippen MR) is 63.4 cm³/mol. The standard InChI is InChI=1S/C10H13NO6S/c1-6(2)17-9-4-7(3)10(18(14,15)16)5-8(9)11(12)13/h4-6H,1-3H3,(H,14,15,16). The van der Waals surface area contributed by atoms with E-state index >= 15 is 0 Å². The maximum atomic E-state index is 11.1. The quantitative estimate of drug-likeness (QED) is 0.511. The van der Waals surface area contributed by atoms with Crippen molar-refractivity contribution < 1.29 is 22.6 Å². The molecule has 0 atom stereocenters. The second-order valence-electron chi connectivity index (χ2n) is 3.98. The summed E-state index contributed by atoms with van der Waals surface area (Å²) in [6.07, 6.45) is -0.292. The first kappa shape index (κ1) is 14.4. The molecule has 0 saturated heterocycles. The Bertz CT molecular complexity index is 578. The van der Waals surface area contributed by atoms with Gasteiger partial charge in [-0.15, -0.1) is 0 Å². The minimum atomic E-state index is -4.49. The van der Waals surface area contributed by atoms with Crippen molar-refractivity contribution in [1.82, 2.24) is 0 Å². The molecule has 1 aromatic rings. The fraction of sp³-hybridized carbons (Fsp3) is 0.400. The summed E-state index contributed by atoms with van der Waals surface area (Å²) in [7, 11) is -4.49. The van der Waals surface area contributed by atoms with E-state index in [1.165, 1.54) is 13.0 Å². The topological polar surface area (TPSA) is 107 Å². The van der Waals surface area contributed by atoms with Crippen LogP contribution < -0.4 is 4.74 Å². The molecular formula is C10H13NO6S. The van der Waals surface area contributed by atoms with Crippen LogP contribution in [0.25, 0.3) is 0 Å². The Kier molecular flexibility index (Phi) is 3.92. The van der Waals surface area contributed by atoms with Crippen molar-refractivity contribution in [3.05, 3.63) is 27.8 Å². The van der Waals surface area contributed by atoms with Crippen LogP contribution in [0, 0.1) is 17.0 Å². The van der Waals surface area contributed by atoms with E-state index < -0.39 is 25.6 Å². The Morgan fingerprint density at radius 2 is 1.94 bits per heavy atom. The van der Waals surface area contributed by atoms with Crippen molar-refractivity contribution in [2.75, 3.05) is 0 Å². The van der Waals surface area contributed by atoms with Gasteiger partial charge in [-0.3, -0.25) is 14.7 Å². The molecule has 0 saturated carbocycles. The van der Waals surface area contributed by atoms with Crippen LogP contribution in [-0.4, -0.2) is 24.0 Å². The van der Waals surface area contributed by atoms with Gasteiger partial charge in [0.05, 0.1) is 11.0 Å². The Morgan fingerprint density at radius 3 is 2.33 bits per heavy atom. The molecule has 0 aliphatic carbocycles. The van der Waals surface area contributed by atoms with Crippen molar-refractivity contribution in [1.29, 1.82) is 0 Å². The minimum Gasteiger partial charge on any atom is -0.484 e. The highest BCUT2D eigenvalue weighted by molar-refractivity contribution is 7.85. The third-order valence-corrected chi connectivity index (χ3v) is 3.09. The first-order chi connectivity index (χ1) is 8.12. The van der Waals surface area contributed by atoms with Crippen LogP contribution in [0.1, 0.15) is 19.4 Å². The van der Waals surface area contributed by atoms with Crippen LogP contribution >= 0.6 is 0 Å². The van der Waals surface area contributed by atoms with E-state index in [2.05, 4.69) is 0 Å². The number of hydrogen-bond acceptors (Lipinski definition) is 5. The number of nitrogens with zero attached hydrogens (tertiary/aromatic N) is 1. The largest absolute Gasteiger partial charge is 0.484 e. The maximum Gasteiger partial charge on any atom is 0.312 e.